The van der Waals surface area contributed by atoms with Crippen molar-refractivity contribution in [3.63, 3.8) is 0 Å². The van der Waals surface area contributed by atoms with Crippen LogP contribution in [0.3, 0.4) is 0 Å². The lowest BCUT2D eigenvalue weighted by atomic mass is 10.2. The molecule has 122 valence electrons. The lowest BCUT2D eigenvalue weighted by Gasteiger charge is -2.02. The van der Waals surface area contributed by atoms with Crippen LogP contribution in [0.4, 0.5) is 4.39 Å². The number of rotatable bonds is 5. The number of nitrogens with zero attached hydrogens (tertiary/aromatic N) is 1. The quantitative estimate of drug-likeness (QED) is 0.565. The van der Waals surface area contributed by atoms with Crippen LogP contribution in [0.15, 0.2) is 65.3 Å². The van der Waals surface area contributed by atoms with Crippen molar-refractivity contribution in [1.82, 2.24) is 10.3 Å². The van der Waals surface area contributed by atoms with Gasteiger partial charge in [0.15, 0.2) is 0 Å². The van der Waals surface area contributed by atoms with Crippen molar-refractivity contribution < 1.29 is 33.6 Å². The topological polar surface area (TPSA) is 38.1 Å². The molecule has 0 aliphatic carbocycles. The number of benzene rings is 1. The van der Waals surface area contributed by atoms with Crippen molar-refractivity contribution >= 4 is 0 Å². The lowest BCUT2D eigenvalue weighted by molar-refractivity contribution is -0.001000. The van der Waals surface area contributed by atoms with Gasteiger partial charge >= 0.3 is 0 Å². The Labute approximate surface area is 146 Å². The summed E-state index contributed by atoms with van der Waals surface area (Å²) in [6.07, 6.45) is 3.59. The summed E-state index contributed by atoms with van der Waals surface area (Å²) in [4.78, 5) is 4.07. The van der Waals surface area contributed by atoms with Crippen molar-refractivity contribution in [2.75, 3.05) is 0 Å². The summed E-state index contributed by atoms with van der Waals surface area (Å²) in [7, 11) is 0. The highest BCUT2D eigenvalue weighted by atomic mass is 35.5. The fourth-order valence-electron chi connectivity index (χ4n) is 2.07. The molecular formula is C17H15Cl2FN2O-2. The second kappa shape index (κ2) is 9.30. The van der Waals surface area contributed by atoms with Gasteiger partial charge in [-0.25, -0.2) is 4.39 Å². The summed E-state index contributed by atoms with van der Waals surface area (Å²) in [6, 6.07) is 14.0. The van der Waals surface area contributed by atoms with Gasteiger partial charge in [0, 0.05) is 24.5 Å². The fraction of sp³-hybridized carbons (Fsp3) is 0.118. The highest BCUT2D eigenvalue weighted by Crippen LogP contribution is 2.22. The molecule has 0 bridgehead atoms. The lowest BCUT2D eigenvalue weighted by Crippen LogP contribution is -3.00. The number of hydrogen-bond acceptors (Lipinski definition) is 3. The van der Waals surface area contributed by atoms with E-state index in [1.165, 1.54) is 12.1 Å². The normalized spacial score (nSPS) is 9.78. The third kappa shape index (κ3) is 5.36. The number of aromatic nitrogens is 1. The molecule has 1 N–H and O–H groups in total. The molecule has 0 fully saturated rings. The molecule has 0 unspecified atom stereocenters. The van der Waals surface area contributed by atoms with E-state index >= 15 is 0 Å². The summed E-state index contributed by atoms with van der Waals surface area (Å²) in [6.45, 7) is 1.37. The van der Waals surface area contributed by atoms with Crippen LogP contribution in [0.25, 0.3) is 11.3 Å². The number of hydrogen-bond donors (Lipinski definition) is 1. The van der Waals surface area contributed by atoms with Crippen molar-refractivity contribution in [2.24, 2.45) is 0 Å². The van der Waals surface area contributed by atoms with E-state index < -0.39 is 0 Å². The van der Waals surface area contributed by atoms with Gasteiger partial charge in [-0.15, -0.1) is 0 Å². The van der Waals surface area contributed by atoms with Gasteiger partial charge in [0.05, 0.1) is 6.54 Å². The van der Waals surface area contributed by atoms with E-state index in [4.69, 9.17) is 4.42 Å². The van der Waals surface area contributed by atoms with Crippen LogP contribution in [0.1, 0.15) is 11.3 Å². The Morgan fingerprint density at radius 3 is 2.43 bits per heavy atom. The second-order valence-corrected chi connectivity index (χ2v) is 4.74. The molecule has 0 atom stereocenters. The van der Waals surface area contributed by atoms with Gasteiger partial charge in [0.1, 0.15) is 17.3 Å². The summed E-state index contributed by atoms with van der Waals surface area (Å²) in [5.74, 6) is 1.34. The summed E-state index contributed by atoms with van der Waals surface area (Å²) >= 11 is 0. The first-order chi connectivity index (χ1) is 10.3. The summed E-state index contributed by atoms with van der Waals surface area (Å²) < 4.78 is 18.6. The SMILES string of the molecule is Fc1ccc(-c2ccc(CNCc3cccnc3)o2)cc1.[Cl-].[Cl-]. The van der Waals surface area contributed by atoms with Gasteiger partial charge in [-0.1, -0.05) is 6.07 Å². The zero-order valence-corrected chi connectivity index (χ0v) is 13.7. The highest BCUT2D eigenvalue weighted by molar-refractivity contribution is 5.57. The first-order valence-corrected chi connectivity index (χ1v) is 6.75. The molecular weight excluding hydrogens is 338 g/mol. The van der Waals surface area contributed by atoms with Crippen molar-refractivity contribution in [1.29, 1.82) is 0 Å². The number of halogens is 3. The highest BCUT2D eigenvalue weighted by Gasteiger charge is 2.04. The fourth-order valence-corrected chi connectivity index (χ4v) is 2.07. The Kier molecular flexibility index (Phi) is 7.75. The standard InChI is InChI=1S/C17H15FN2O.2ClH/c18-15-5-3-14(4-6-15)17-8-7-16(21-17)12-20-11-13-2-1-9-19-10-13;;/h1-10,20H,11-12H2;2*1H/p-2. The van der Waals surface area contributed by atoms with E-state index in [0.717, 1.165) is 29.2 Å². The maximum Gasteiger partial charge on any atom is 0.134 e. The second-order valence-electron chi connectivity index (χ2n) is 4.74. The van der Waals surface area contributed by atoms with Gasteiger partial charge in [-0.3, -0.25) is 4.98 Å². The number of furan rings is 1. The minimum absolute atomic E-state index is 0. The molecule has 3 aromatic rings. The molecule has 0 saturated heterocycles. The van der Waals surface area contributed by atoms with Crippen molar-refractivity contribution in [3.05, 3.63) is 78.1 Å². The third-order valence-corrected chi connectivity index (χ3v) is 3.14. The van der Waals surface area contributed by atoms with Crippen molar-refractivity contribution in [3.8, 4) is 11.3 Å². The summed E-state index contributed by atoms with van der Waals surface area (Å²) in [5, 5.41) is 3.30. The first kappa shape index (κ1) is 19.2. The predicted molar refractivity (Wildman–Crippen MR) is 78.9 cm³/mol. The van der Waals surface area contributed by atoms with Crippen LogP contribution in [-0.4, -0.2) is 4.98 Å². The molecule has 3 nitrogen and oxygen atoms in total. The van der Waals surface area contributed by atoms with Gasteiger partial charge in [-0.05, 0) is 48.0 Å². The maximum atomic E-state index is 12.9. The van der Waals surface area contributed by atoms with Crippen LogP contribution in [-0.2, 0) is 13.1 Å². The molecule has 0 spiro atoms. The Bertz CT molecular complexity index is 702. The smallest absolute Gasteiger partial charge is 0.134 e. The van der Waals surface area contributed by atoms with Crippen LogP contribution in [0.2, 0.25) is 0 Å². The van der Waals surface area contributed by atoms with Crippen molar-refractivity contribution in [2.45, 2.75) is 13.1 Å². The zero-order chi connectivity index (χ0) is 14.5. The Balaban J connectivity index is 0.00000132. The molecule has 0 aliphatic rings. The van der Waals surface area contributed by atoms with Crippen LogP contribution < -0.4 is 30.1 Å². The monoisotopic (exact) mass is 352 g/mol. The summed E-state index contributed by atoms with van der Waals surface area (Å²) in [5.41, 5.74) is 2.00. The molecule has 23 heavy (non-hydrogen) atoms. The zero-order valence-electron chi connectivity index (χ0n) is 12.2. The Hall–Kier alpha value is -1.88. The van der Waals surface area contributed by atoms with E-state index in [1.54, 1.807) is 18.3 Å². The molecule has 2 heterocycles. The minimum atomic E-state index is -0.247. The molecule has 2 aromatic heterocycles. The van der Waals surface area contributed by atoms with Crippen LogP contribution in [0, 0.1) is 5.82 Å². The van der Waals surface area contributed by atoms with Crippen LogP contribution >= 0.6 is 0 Å². The van der Waals surface area contributed by atoms with E-state index in [-0.39, 0.29) is 30.6 Å². The molecule has 0 amide bonds. The van der Waals surface area contributed by atoms with E-state index in [1.807, 2.05) is 30.5 Å². The average molecular weight is 353 g/mol. The minimum Gasteiger partial charge on any atom is -1.00 e. The molecule has 0 radical (unpaired) electrons. The van der Waals surface area contributed by atoms with Gasteiger partial charge in [0.2, 0.25) is 0 Å². The van der Waals surface area contributed by atoms with E-state index in [9.17, 15) is 4.39 Å². The maximum absolute atomic E-state index is 12.9. The van der Waals surface area contributed by atoms with Gasteiger partial charge < -0.3 is 34.5 Å². The van der Waals surface area contributed by atoms with E-state index in [0.29, 0.717) is 6.54 Å². The third-order valence-electron chi connectivity index (χ3n) is 3.14. The Morgan fingerprint density at radius 2 is 1.74 bits per heavy atom. The molecule has 3 rings (SSSR count). The number of pyridine rings is 1. The average Bonchev–Trinajstić information content (AvgIpc) is 2.98. The van der Waals surface area contributed by atoms with E-state index in [2.05, 4.69) is 10.3 Å². The number of nitrogens with one attached hydrogen (secondary N) is 1. The molecule has 0 saturated carbocycles. The molecule has 0 aliphatic heterocycles. The molecule has 1 aromatic carbocycles. The van der Waals surface area contributed by atoms with Crippen LogP contribution in [0.5, 0.6) is 0 Å². The Morgan fingerprint density at radius 1 is 0.957 bits per heavy atom. The van der Waals surface area contributed by atoms with Gasteiger partial charge in [0.25, 0.3) is 0 Å². The van der Waals surface area contributed by atoms with Gasteiger partial charge in [-0.2, -0.15) is 0 Å². The largest absolute Gasteiger partial charge is 1.00 e. The molecule has 6 heteroatoms. The predicted octanol–water partition coefficient (Wildman–Crippen LogP) is -2.22. The first-order valence-electron chi connectivity index (χ1n) is 6.75.